The highest BCUT2D eigenvalue weighted by Crippen LogP contribution is 2.30. The molecule has 2 aromatic carbocycles. The van der Waals surface area contributed by atoms with Crippen LogP contribution in [0.25, 0.3) is 0 Å². The first-order valence-electron chi connectivity index (χ1n) is 5.46. The van der Waals surface area contributed by atoms with E-state index in [-0.39, 0.29) is 6.04 Å². The first kappa shape index (κ1) is 13.2. The summed E-state index contributed by atoms with van der Waals surface area (Å²) in [5.74, 6) is 0.771. The molecule has 2 N–H and O–H groups in total. The van der Waals surface area contributed by atoms with Crippen molar-refractivity contribution in [2.45, 2.75) is 6.04 Å². The Morgan fingerprint density at radius 3 is 2.56 bits per heavy atom. The van der Waals surface area contributed by atoms with E-state index in [0.29, 0.717) is 10.0 Å². The zero-order chi connectivity index (χ0) is 13.1. The molecule has 18 heavy (non-hydrogen) atoms. The van der Waals surface area contributed by atoms with Crippen LogP contribution >= 0.6 is 23.2 Å². The number of hydrogen-bond donors (Lipinski definition) is 1. The van der Waals surface area contributed by atoms with Crippen molar-refractivity contribution in [1.29, 1.82) is 0 Å². The molecule has 0 spiro atoms. The van der Waals surface area contributed by atoms with Crippen molar-refractivity contribution in [3.05, 3.63) is 63.6 Å². The zero-order valence-corrected chi connectivity index (χ0v) is 11.4. The molecule has 0 radical (unpaired) electrons. The lowest BCUT2D eigenvalue weighted by atomic mass is 9.99. The largest absolute Gasteiger partial charge is 0.497 e. The molecule has 0 saturated carbocycles. The van der Waals surface area contributed by atoms with E-state index in [4.69, 9.17) is 33.7 Å². The molecule has 0 aromatic heterocycles. The van der Waals surface area contributed by atoms with Crippen LogP contribution in [0.3, 0.4) is 0 Å². The van der Waals surface area contributed by atoms with E-state index in [9.17, 15) is 0 Å². The highest BCUT2D eigenvalue weighted by atomic mass is 35.5. The molecule has 0 aliphatic heterocycles. The van der Waals surface area contributed by atoms with Crippen LogP contribution in [-0.4, -0.2) is 7.11 Å². The third-order valence-corrected chi connectivity index (χ3v) is 3.31. The summed E-state index contributed by atoms with van der Waals surface area (Å²) in [6, 6.07) is 12.6. The number of halogens is 2. The SMILES string of the molecule is COc1cccc(C(N)c2ccc(Cl)cc2Cl)c1. The molecular weight excluding hydrogens is 269 g/mol. The van der Waals surface area contributed by atoms with Crippen molar-refractivity contribution in [1.82, 2.24) is 0 Å². The summed E-state index contributed by atoms with van der Waals surface area (Å²) in [5, 5.41) is 1.17. The number of ether oxygens (including phenoxy) is 1. The fraction of sp³-hybridized carbons (Fsp3) is 0.143. The molecule has 0 bridgehead atoms. The van der Waals surface area contributed by atoms with Gasteiger partial charge >= 0.3 is 0 Å². The minimum atomic E-state index is -0.301. The number of methoxy groups -OCH3 is 1. The summed E-state index contributed by atoms with van der Waals surface area (Å²) in [4.78, 5) is 0. The van der Waals surface area contributed by atoms with Gasteiger partial charge in [-0.05, 0) is 35.4 Å². The molecule has 0 heterocycles. The molecule has 2 nitrogen and oxygen atoms in total. The Morgan fingerprint density at radius 1 is 1.11 bits per heavy atom. The molecule has 0 aliphatic carbocycles. The monoisotopic (exact) mass is 281 g/mol. The molecule has 0 amide bonds. The standard InChI is InChI=1S/C14H13Cl2NO/c1-18-11-4-2-3-9(7-11)14(17)12-6-5-10(15)8-13(12)16/h2-8,14H,17H2,1H3. The second-order valence-electron chi connectivity index (χ2n) is 3.92. The lowest BCUT2D eigenvalue weighted by Gasteiger charge is -2.15. The predicted octanol–water partition coefficient (Wildman–Crippen LogP) is 4.05. The van der Waals surface area contributed by atoms with Crippen molar-refractivity contribution in [2.24, 2.45) is 5.73 Å². The maximum Gasteiger partial charge on any atom is 0.119 e. The van der Waals surface area contributed by atoms with Crippen molar-refractivity contribution in [3.63, 3.8) is 0 Å². The summed E-state index contributed by atoms with van der Waals surface area (Å²) in [6.45, 7) is 0. The second-order valence-corrected chi connectivity index (χ2v) is 4.76. The van der Waals surface area contributed by atoms with E-state index in [1.54, 1.807) is 19.2 Å². The quantitative estimate of drug-likeness (QED) is 0.921. The minimum Gasteiger partial charge on any atom is -0.497 e. The highest BCUT2D eigenvalue weighted by molar-refractivity contribution is 6.35. The van der Waals surface area contributed by atoms with Crippen molar-refractivity contribution in [2.75, 3.05) is 7.11 Å². The van der Waals surface area contributed by atoms with Gasteiger partial charge in [0.2, 0.25) is 0 Å². The van der Waals surface area contributed by atoms with Crippen molar-refractivity contribution >= 4 is 23.2 Å². The van der Waals surface area contributed by atoms with E-state index >= 15 is 0 Å². The molecule has 0 saturated heterocycles. The molecule has 94 valence electrons. The first-order chi connectivity index (χ1) is 8.61. The zero-order valence-electron chi connectivity index (χ0n) is 9.86. The molecule has 2 aromatic rings. The van der Waals surface area contributed by atoms with E-state index in [0.717, 1.165) is 16.9 Å². The number of nitrogens with two attached hydrogens (primary N) is 1. The van der Waals surface area contributed by atoms with E-state index < -0.39 is 0 Å². The molecule has 1 atom stereocenters. The fourth-order valence-electron chi connectivity index (χ4n) is 1.77. The summed E-state index contributed by atoms with van der Waals surface area (Å²) in [5.41, 5.74) is 7.99. The lowest BCUT2D eigenvalue weighted by molar-refractivity contribution is 0.414. The Labute approximate surface area is 116 Å². The van der Waals surface area contributed by atoms with Gasteiger partial charge in [0, 0.05) is 10.0 Å². The van der Waals surface area contributed by atoms with Crippen LogP contribution in [0.2, 0.25) is 10.0 Å². The third-order valence-electron chi connectivity index (χ3n) is 2.75. The number of benzene rings is 2. The normalized spacial score (nSPS) is 12.2. The van der Waals surface area contributed by atoms with E-state index in [1.807, 2.05) is 30.3 Å². The average Bonchev–Trinajstić information content (AvgIpc) is 2.38. The second kappa shape index (κ2) is 5.61. The van der Waals surface area contributed by atoms with Crippen LogP contribution in [-0.2, 0) is 0 Å². The summed E-state index contributed by atoms with van der Waals surface area (Å²) in [6.07, 6.45) is 0. The molecule has 0 fully saturated rings. The van der Waals surface area contributed by atoms with Crippen LogP contribution in [0.15, 0.2) is 42.5 Å². The van der Waals surface area contributed by atoms with Gasteiger partial charge in [-0.15, -0.1) is 0 Å². The lowest BCUT2D eigenvalue weighted by Crippen LogP contribution is -2.12. The summed E-state index contributed by atoms with van der Waals surface area (Å²) >= 11 is 12.0. The highest BCUT2D eigenvalue weighted by Gasteiger charge is 2.13. The van der Waals surface area contributed by atoms with Gasteiger partial charge in [-0.1, -0.05) is 41.4 Å². The fourth-order valence-corrected chi connectivity index (χ4v) is 2.29. The number of rotatable bonds is 3. The van der Waals surface area contributed by atoms with Crippen LogP contribution in [0, 0.1) is 0 Å². The van der Waals surface area contributed by atoms with Gasteiger partial charge < -0.3 is 10.5 Å². The minimum absolute atomic E-state index is 0.301. The molecule has 1 unspecified atom stereocenters. The Morgan fingerprint density at radius 2 is 1.89 bits per heavy atom. The van der Waals surface area contributed by atoms with E-state index in [1.165, 1.54) is 0 Å². The van der Waals surface area contributed by atoms with Gasteiger partial charge in [-0.25, -0.2) is 0 Å². The van der Waals surface area contributed by atoms with Crippen LogP contribution in [0.5, 0.6) is 5.75 Å². The molecule has 2 rings (SSSR count). The summed E-state index contributed by atoms with van der Waals surface area (Å²) in [7, 11) is 1.62. The third kappa shape index (κ3) is 2.78. The van der Waals surface area contributed by atoms with Crippen molar-refractivity contribution in [3.8, 4) is 5.75 Å². The van der Waals surface area contributed by atoms with Crippen LogP contribution < -0.4 is 10.5 Å². The van der Waals surface area contributed by atoms with Crippen LogP contribution in [0.1, 0.15) is 17.2 Å². The van der Waals surface area contributed by atoms with Crippen LogP contribution in [0.4, 0.5) is 0 Å². The Bertz CT molecular complexity index is 557. The molecule has 4 heteroatoms. The Balaban J connectivity index is 2.37. The Hall–Kier alpha value is -1.22. The van der Waals surface area contributed by atoms with Crippen molar-refractivity contribution < 1.29 is 4.74 Å². The average molecular weight is 282 g/mol. The maximum atomic E-state index is 6.21. The topological polar surface area (TPSA) is 35.2 Å². The molecule has 0 aliphatic rings. The van der Waals surface area contributed by atoms with Gasteiger partial charge in [-0.3, -0.25) is 0 Å². The Kier molecular flexibility index (Phi) is 4.12. The predicted molar refractivity (Wildman–Crippen MR) is 75.5 cm³/mol. The van der Waals surface area contributed by atoms with Gasteiger partial charge in [0.1, 0.15) is 5.75 Å². The van der Waals surface area contributed by atoms with E-state index in [2.05, 4.69) is 0 Å². The van der Waals surface area contributed by atoms with Gasteiger partial charge in [0.25, 0.3) is 0 Å². The maximum absolute atomic E-state index is 6.21. The number of hydrogen-bond acceptors (Lipinski definition) is 2. The first-order valence-corrected chi connectivity index (χ1v) is 6.22. The summed E-state index contributed by atoms with van der Waals surface area (Å²) < 4.78 is 5.18. The smallest absolute Gasteiger partial charge is 0.119 e. The van der Waals surface area contributed by atoms with Gasteiger partial charge in [0.15, 0.2) is 0 Å². The van der Waals surface area contributed by atoms with Gasteiger partial charge in [-0.2, -0.15) is 0 Å². The van der Waals surface area contributed by atoms with Gasteiger partial charge in [0.05, 0.1) is 13.2 Å². The molecular formula is C14H13Cl2NO.